The Kier molecular flexibility index (Phi) is 2.56. The molecule has 0 radical (unpaired) electrons. The predicted octanol–water partition coefficient (Wildman–Crippen LogP) is 2.01. The minimum atomic E-state index is 0.451. The molecule has 3 nitrogen and oxygen atoms in total. The van der Waals surface area contributed by atoms with E-state index in [1.807, 2.05) is 24.3 Å². The third-order valence-corrected chi connectivity index (χ3v) is 2.52. The van der Waals surface area contributed by atoms with Crippen molar-refractivity contribution in [2.24, 2.45) is 5.73 Å². The van der Waals surface area contributed by atoms with Gasteiger partial charge in [0, 0.05) is 11.9 Å². The van der Waals surface area contributed by atoms with E-state index < -0.39 is 0 Å². The topological polar surface area (TPSA) is 48.1 Å². The average Bonchev–Trinajstić information content (AvgIpc) is 2.29. The SMILES string of the molecule is COc1ccc(C)c2ccc(CN)nc12. The zero-order valence-electron chi connectivity index (χ0n) is 8.95. The molecule has 0 saturated heterocycles. The lowest BCUT2D eigenvalue weighted by molar-refractivity contribution is 0.418. The number of aryl methyl sites for hydroxylation is 1. The van der Waals surface area contributed by atoms with Crippen LogP contribution in [0.3, 0.4) is 0 Å². The highest BCUT2D eigenvalue weighted by atomic mass is 16.5. The molecule has 2 N–H and O–H groups in total. The van der Waals surface area contributed by atoms with Crippen molar-refractivity contribution >= 4 is 10.9 Å². The Labute approximate surface area is 88.9 Å². The molecule has 2 rings (SSSR count). The molecule has 0 unspecified atom stereocenters. The maximum atomic E-state index is 5.57. The molecule has 15 heavy (non-hydrogen) atoms. The molecule has 0 spiro atoms. The van der Waals surface area contributed by atoms with E-state index in [1.165, 1.54) is 5.56 Å². The van der Waals surface area contributed by atoms with Gasteiger partial charge in [0.1, 0.15) is 11.3 Å². The number of benzene rings is 1. The van der Waals surface area contributed by atoms with Crippen molar-refractivity contribution in [3.63, 3.8) is 0 Å². The van der Waals surface area contributed by atoms with Gasteiger partial charge in [0.2, 0.25) is 0 Å². The van der Waals surface area contributed by atoms with Gasteiger partial charge in [-0.1, -0.05) is 12.1 Å². The second kappa shape index (κ2) is 3.87. The van der Waals surface area contributed by atoms with E-state index in [4.69, 9.17) is 10.5 Å². The predicted molar refractivity (Wildman–Crippen MR) is 60.9 cm³/mol. The molecular weight excluding hydrogens is 188 g/mol. The first-order chi connectivity index (χ1) is 7.26. The number of hydrogen-bond acceptors (Lipinski definition) is 3. The van der Waals surface area contributed by atoms with Crippen LogP contribution in [0.25, 0.3) is 10.9 Å². The Bertz CT molecular complexity index is 494. The fourth-order valence-corrected chi connectivity index (χ4v) is 1.65. The van der Waals surface area contributed by atoms with E-state index in [-0.39, 0.29) is 0 Å². The number of hydrogen-bond donors (Lipinski definition) is 1. The molecule has 0 saturated carbocycles. The van der Waals surface area contributed by atoms with Crippen LogP contribution in [0.1, 0.15) is 11.3 Å². The Balaban J connectivity index is 2.77. The number of pyridine rings is 1. The summed E-state index contributed by atoms with van der Waals surface area (Å²) in [4.78, 5) is 4.48. The number of aromatic nitrogens is 1. The van der Waals surface area contributed by atoms with Crippen molar-refractivity contribution in [1.29, 1.82) is 0 Å². The summed E-state index contributed by atoms with van der Waals surface area (Å²) in [5, 5.41) is 1.12. The van der Waals surface area contributed by atoms with Crippen LogP contribution >= 0.6 is 0 Å². The molecular formula is C12H14N2O. The molecule has 0 aliphatic heterocycles. The van der Waals surface area contributed by atoms with E-state index in [0.29, 0.717) is 6.54 Å². The summed E-state index contributed by atoms with van der Waals surface area (Å²) in [6, 6.07) is 7.97. The van der Waals surface area contributed by atoms with Crippen LogP contribution in [0.5, 0.6) is 5.75 Å². The lowest BCUT2D eigenvalue weighted by Crippen LogP contribution is -2.00. The number of fused-ring (bicyclic) bond motifs is 1. The maximum absolute atomic E-state index is 5.57. The molecule has 0 amide bonds. The lowest BCUT2D eigenvalue weighted by Gasteiger charge is -2.08. The highest BCUT2D eigenvalue weighted by Gasteiger charge is 2.05. The first kappa shape index (κ1) is 9.93. The number of nitrogens with zero attached hydrogens (tertiary/aromatic N) is 1. The molecule has 1 heterocycles. The van der Waals surface area contributed by atoms with Gasteiger partial charge in [-0.15, -0.1) is 0 Å². The van der Waals surface area contributed by atoms with Gasteiger partial charge in [-0.05, 0) is 24.6 Å². The largest absolute Gasteiger partial charge is 0.494 e. The van der Waals surface area contributed by atoms with Gasteiger partial charge in [0.15, 0.2) is 0 Å². The first-order valence-corrected chi connectivity index (χ1v) is 4.89. The molecule has 1 aromatic heterocycles. The van der Waals surface area contributed by atoms with Gasteiger partial charge in [-0.2, -0.15) is 0 Å². The van der Waals surface area contributed by atoms with Crippen LogP contribution in [-0.2, 0) is 6.54 Å². The quantitative estimate of drug-likeness (QED) is 0.810. The van der Waals surface area contributed by atoms with Crippen molar-refractivity contribution in [1.82, 2.24) is 4.98 Å². The highest BCUT2D eigenvalue weighted by molar-refractivity contribution is 5.87. The van der Waals surface area contributed by atoms with Crippen LogP contribution in [-0.4, -0.2) is 12.1 Å². The summed E-state index contributed by atoms with van der Waals surface area (Å²) in [5.41, 5.74) is 8.53. The van der Waals surface area contributed by atoms with Gasteiger partial charge >= 0.3 is 0 Å². The van der Waals surface area contributed by atoms with Gasteiger partial charge in [0.25, 0.3) is 0 Å². The molecule has 0 aliphatic rings. The highest BCUT2D eigenvalue weighted by Crippen LogP contribution is 2.26. The van der Waals surface area contributed by atoms with Crippen LogP contribution in [0.2, 0.25) is 0 Å². The summed E-state index contributed by atoms with van der Waals surface area (Å²) in [6.45, 7) is 2.51. The van der Waals surface area contributed by atoms with Crippen LogP contribution in [0.15, 0.2) is 24.3 Å². The Hall–Kier alpha value is -1.61. The zero-order chi connectivity index (χ0) is 10.8. The molecule has 0 fully saturated rings. The summed E-state index contributed by atoms with van der Waals surface area (Å²) in [6.07, 6.45) is 0. The molecule has 0 aliphatic carbocycles. The normalized spacial score (nSPS) is 10.6. The van der Waals surface area contributed by atoms with E-state index >= 15 is 0 Å². The molecule has 0 atom stereocenters. The number of methoxy groups -OCH3 is 1. The van der Waals surface area contributed by atoms with E-state index in [0.717, 1.165) is 22.3 Å². The number of rotatable bonds is 2. The van der Waals surface area contributed by atoms with Gasteiger partial charge in [0.05, 0.1) is 12.8 Å². The number of ether oxygens (including phenoxy) is 1. The second-order valence-corrected chi connectivity index (χ2v) is 3.49. The Morgan fingerprint density at radius 3 is 2.73 bits per heavy atom. The van der Waals surface area contributed by atoms with Crippen LogP contribution in [0, 0.1) is 6.92 Å². The van der Waals surface area contributed by atoms with Gasteiger partial charge < -0.3 is 10.5 Å². The summed E-state index contributed by atoms with van der Waals surface area (Å²) >= 11 is 0. The Morgan fingerprint density at radius 1 is 1.27 bits per heavy atom. The molecule has 78 valence electrons. The maximum Gasteiger partial charge on any atom is 0.145 e. The minimum Gasteiger partial charge on any atom is -0.494 e. The molecule has 3 heteroatoms. The summed E-state index contributed by atoms with van der Waals surface area (Å²) in [7, 11) is 1.65. The average molecular weight is 202 g/mol. The minimum absolute atomic E-state index is 0.451. The molecule has 2 aromatic rings. The summed E-state index contributed by atoms with van der Waals surface area (Å²) in [5.74, 6) is 0.797. The van der Waals surface area contributed by atoms with E-state index in [9.17, 15) is 0 Å². The van der Waals surface area contributed by atoms with E-state index in [1.54, 1.807) is 7.11 Å². The fraction of sp³-hybridized carbons (Fsp3) is 0.250. The lowest BCUT2D eigenvalue weighted by atomic mass is 10.1. The fourth-order valence-electron chi connectivity index (χ4n) is 1.65. The summed E-state index contributed by atoms with van der Waals surface area (Å²) < 4.78 is 5.28. The second-order valence-electron chi connectivity index (χ2n) is 3.49. The van der Waals surface area contributed by atoms with Crippen molar-refractivity contribution < 1.29 is 4.74 Å². The molecule has 0 bridgehead atoms. The third kappa shape index (κ3) is 1.66. The van der Waals surface area contributed by atoms with Crippen molar-refractivity contribution in [3.05, 3.63) is 35.5 Å². The Morgan fingerprint density at radius 2 is 2.07 bits per heavy atom. The van der Waals surface area contributed by atoms with Crippen molar-refractivity contribution in [3.8, 4) is 5.75 Å². The first-order valence-electron chi connectivity index (χ1n) is 4.89. The monoisotopic (exact) mass is 202 g/mol. The third-order valence-electron chi connectivity index (χ3n) is 2.52. The van der Waals surface area contributed by atoms with Gasteiger partial charge in [-0.25, -0.2) is 4.98 Å². The number of nitrogens with two attached hydrogens (primary N) is 1. The van der Waals surface area contributed by atoms with Crippen molar-refractivity contribution in [2.75, 3.05) is 7.11 Å². The van der Waals surface area contributed by atoms with Crippen LogP contribution in [0.4, 0.5) is 0 Å². The van der Waals surface area contributed by atoms with Crippen LogP contribution < -0.4 is 10.5 Å². The zero-order valence-corrected chi connectivity index (χ0v) is 8.95. The molecule has 1 aromatic carbocycles. The van der Waals surface area contributed by atoms with E-state index in [2.05, 4.69) is 11.9 Å². The standard InChI is InChI=1S/C12H14N2O/c1-8-3-6-11(15-2)12-10(8)5-4-9(7-13)14-12/h3-6H,7,13H2,1-2H3. The van der Waals surface area contributed by atoms with Crippen molar-refractivity contribution in [2.45, 2.75) is 13.5 Å². The smallest absolute Gasteiger partial charge is 0.145 e. The van der Waals surface area contributed by atoms with Gasteiger partial charge in [-0.3, -0.25) is 0 Å².